The molecule has 2 aromatic heterocycles. The maximum atomic E-state index is 13.0. The second-order valence-corrected chi connectivity index (χ2v) is 8.17. The summed E-state index contributed by atoms with van der Waals surface area (Å²) in [5.74, 6) is 0.272. The van der Waals surface area contributed by atoms with Crippen LogP contribution in [0.3, 0.4) is 0 Å². The molecular weight excluding hydrogens is 370 g/mol. The third-order valence-electron chi connectivity index (χ3n) is 5.27. The molecule has 2 amide bonds. The summed E-state index contributed by atoms with van der Waals surface area (Å²) < 4.78 is 1.12. The van der Waals surface area contributed by atoms with Crippen molar-refractivity contribution in [3.05, 3.63) is 64.8 Å². The van der Waals surface area contributed by atoms with Crippen molar-refractivity contribution >= 4 is 33.2 Å². The second kappa shape index (κ2) is 8.10. The Kier molecular flexibility index (Phi) is 5.39. The topological polar surface area (TPSA) is 62.3 Å². The lowest BCUT2D eigenvalue weighted by Gasteiger charge is -2.15. The zero-order chi connectivity index (χ0) is 19.5. The van der Waals surface area contributed by atoms with Gasteiger partial charge in [0.2, 0.25) is 5.91 Å². The number of carbonyl (C=O) groups excluding carboxylic acids is 2. The SMILES string of the molecule is CC(=O)N1CCC(c2c(C(=O)NCCc3ccccn3)sc3ccccc23)C1. The van der Waals surface area contributed by atoms with Crippen LogP contribution in [-0.4, -0.2) is 41.3 Å². The number of thiophene rings is 1. The molecule has 28 heavy (non-hydrogen) atoms. The fourth-order valence-electron chi connectivity index (χ4n) is 3.85. The molecule has 1 aromatic carbocycles. The first-order valence-corrected chi connectivity index (χ1v) is 10.4. The van der Waals surface area contributed by atoms with Crippen LogP contribution in [0.25, 0.3) is 10.1 Å². The second-order valence-electron chi connectivity index (χ2n) is 7.12. The van der Waals surface area contributed by atoms with Gasteiger partial charge in [0.1, 0.15) is 0 Å². The molecular formula is C22H23N3O2S. The Morgan fingerprint density at radius 2 is 2.04 bits per heavy atom. The number of pyridine rings is 1. The summed E-state index contributed by atoms with van der Waals surface area (Å²) in [4.78, 5) is 31.7. The summed E-state index contributed by atoms with van der Waals surface area (Å²) in [6.45, 7) is 3.60. The van der Waals surface area contributed by atoms with Gasteiger partial charge in [0.25, 0.3) is 5.91 Å². The third kappa shape index (κ3) is 3.78. The minimum absolute atomic E-state index is 0.0339. The van der Waals surface area contributed by atoms with Crippen LogP contribution in [0.15, 0.2) is 48.7 Å². The number of hydrogen-bond donors (Lipinski definition) is 1. The van der Waals surface area contributed by atoms with Gasteiger partial charge in [0, 0.05) is 55.5 Å². The average Bonchev–Trinajstić information content (AvgIpc) is 3.33. The molecule has 1 aliphatic rings. The van der Waals surface area contributed by atoms with Crippen molar-refractivity contribution in [3.63, 3.8) is 0 Å². The molecule has 144 valence electrons. The van der Waals surface area contributed by atoms with E-state index in [0.29, 0.717) is 19.5 Å². The molecule has 1 N–H and O–H groups in total. The van der Waals surface area contributed by atoms with Gasteiger partial charge in [0.05, 0.1) is 4.88 Å². The van der Waals surface area contributed by atoms with Crippen LogP contribution in [0.5, 0.6) is 0 Å². The molecule has 1 fully saturated rings. The van der Waals surface area contributed by atoms with E-state index in [1.807, 2.05) is 35.2 Å². The highest BCUT2D eigenvalue weighted by Gasteiger charge is 2.31. The number of nitrogens with one attached hydrogen (secondary N) is 1. The molecule has 0 spiro atoms. The Hall–Kier alpha value is -2.73. The summed E-state index contributed by atoms with van der Waals surface area (Å²) in [6, 6.07) is 14.0. The fraction of sp³-hybridized carbons (Fsp3) is 0.318. The molecule has 3 heterocycles. The normalized spacial score (nSPS) is 16.5. The van der Waals surface area contributed by atoms with Crippen molar-refractivity contribution in [1.82, 2.24) is 15.2 Å². The summed E-state index contributed by atoms with van der Waals surface area (Å²) in [5.41, 5.74) is 2.06. The van der Waals surface area contributed by atoms with Gasteiger partial charge < -0.3 is 10.2 Å². The predicted octanol–water partition coefficient (Wildman–Crippen LogP) is 3.60. The van der Waals surface area contributed by atoms with Gasteiger partial charge in [-0.05, 0) is 35.6 Å². The van der Waals surface area contributed by atoms with Crippen LogP contribution in [0.2, 0.25) is 0 Å². The highest BCUT2D eigenvalue weighted by Crippen LogP contribution is 2.40. The molecule has 0 aliphatic carbocycles. The Morgan fingerprint density at radius 1 is 1.21 bits per heavy atom. The van der Waals surface area contributed by atoms with Crippen molar-refractivity contribution < 1.29 is 9.59 Å². The quantitative estimate of drug-likeness (QED) is 0.720. The monoisotopic (exact) mass is 393 g/mol. The fourth-order valence-corrected chi connectivity index (χ4v) is 5.06. The standard InChI is InChI=1S/C22H23N3O2S/c1-15(26)25-13-10-16(14-25)20-18-7-2-3-8-19(18)28-21(20)22(27)24-12-9-17-6-4-5-11-23-17/h2-8,11,16H,9-10,12-14H2,1H3,(H,24,27). The molecule has 5 nitrogen and oxygen atoms in total. The molecule has 4 rings (SSSR count). The smallest absolute Gasteiger partial charge is 0.261 e. The van der Waals surface area contributed by atoms with E-state index in [1.165, 1.54) is 0 Å². The van der Waals surface area contributed by atoms with Crippen LogP contribution in [0.4, 0.5) is 0 Å². The lowest BCUT2D eigenvalue weighted by molar-refractivity contribution is -0.127. The van der Waals surface area contributed by atoms with E-state index in [4.69, 9.17) is 0 Å². The van der Waals surface area contributed by atoms with E-state index in [0.717, 1.165) is 39.2 Å². The zero-order valence-corrected chi connectivity index (χ0v) is 16.7. The van der Waals surface area contributed by atoms with Gasteiger partial charge in [-0.15, -0.1) is 11.3 Å². The minimum Gasteiger partial charge on any atom is -0.351 e. The molecule has 0 bridgehead atoms. The average molecular weight is 394 g/mol. The first-order chi connectivity index (χ1) is 13.6. The van der Waals surface area contributed by atoms with Gasteiger partial charge in [-0.2, -0.15) is 0 Å². The van der Waals surface area contributed by atoms with Crippen molar-refractivity contribution in [2.24, 2.45) is 0 Å². The highest BCUT2D eigenvalue weighted by molar-refractivity contribution is 7.21. The maximum absolute atomic E-state index is 13.0. The van der Waals surface area contributed by atoms with Crippen molar-refractivity contribution in [3.8, 4) is 0 Å². The van der Waals surface area contributed by atoms with Gasteiger partial charge in [-0.25, -0.2) is 0 Å². The van der Waals surface area contributed by atoms with Gasteiger partial charge in [-0.3, -0.25) is 14.6 Å². The van der Waals surface area contributed by atoms with Gasteiger partial charge >= 0.3 is 0 Å². The first-order valence-electron chi connectivity index (χ1n) is 9.58. The van der Waals surface area contributed by atoms with Crippen LogP contribution in [0, 0.1) is 0 Å². The Bertz CT molecular complexity index is 999. The number of nitrogens with zero attached hydrogens (tertiary/aromatic N) is 2. The number of aromatic nitrogens is 1. The molecule has 1 aliphatic heterocycles. The van der Waals surface area contributed by atoms with E-state index in [1.54, 1.807) is 24.5 Å². The van der Waals surface area contributed by atoms with Crippen molar-refractivity contribution in [1.29, 1.82) is 0 Å². The third-order valence-corrected chi connectivity index (χ3v) is 6.46. The number of carbonyl (C=O) groups is 2. The van der Waals surface area contributed by atoms with Crippen LogP contribution in [0.1, 0.15) is 40.2 Å². The molecule has 6 heteroatoms. The van der Waals surface area contributed by atoms with E-state index in [2.05, 4.69) is 22.4 Å². The molecule has 1 atom stereocenters. The Morgan fingerprint density at radius 3 is 2.79 bits per heavy atom. The Labute approximate surface area is 168 Å². The lowest BCUT2D eigenvalue weighted by atomic mass is 9.95. The van der Waals surface area contributed by atoms with Crippen LogP contribution in [-0.2, 0) is 11.2 Å². The largest absolute Gasteiger partial charge is 0.351 e. The number of benzene rings is 1. The van der Waals surface area contributed by atoms with E-state index >= 15 is 0 Å². The highest BCUT2D eigenvalue weighted by atomic mass is 32.1. The predicted molar refractivity (Wildman–Crippen MR) is 112 cm³/mol. The summed E-state index contributed by atoms with van der Waals surface area (Å²) >= 11 is 1.54. The van der Waals surface area contributed by atoms with Gasteiger partial charge in [0.15, 0.2) is 0 Å². The van der Waals surface area contributed by atoms with E-state index < -0.39 is 0 Å². The number of rotatable bonds is 5. The van der Waals surface area contributed by atoms with Gasteiger partial charge in [-0.1, -0.05) is 24.3 Å². The number of fused-ring (bicyclic) bond motifs is 1. The van der Waals surface area contributed by atoms with E-state index in [9.17, 15) is 9.59 Å². The molecule has 3 aromatic rings. The number of likely N-dealkylation sites (tertiary alicyclic amines) is 1. The summed E-state index contributed by atoms with van der Waals surface area (Å²) in [7, 11) is 0. The lowest BCUT2D eigenvalue weighted by Crippen LogP contribution is -2.27. The van der Waals surface area contributed by atoms with Crippen molar-refractivity contribution in [2.45, 2.75) is 25.7 Å². The summed E-state index contributed by atoms with van der Waals surface area (Å²) in [5, 5.41) is 4.19. The van der Waals surface area contributed by atoms with Crippen LogP contribution < -0.4 is 5.32 Å². The number of hydrogen-bond acceptors (Lipinski definition) is 4. The van der Waals surface area contributed by atoms with Crippen molar-refractivity contribution in [2.75, 3.05) is 19.6 Å². The summed E-state index contributed by atoms with van der Waals surface area (Å²) in [6.07, 6.45) is 3.37. The number of amides is 2. The molecule has 1 unspecified atom stereocenters. The molecule has 0 saturated carbocycles. The van der Waals surface area contributed by atoms with Crippen LogP contribution >= 0.6 is 11.3 Å². The Balaban J connectivity index is 1.56. The minimum atomic E-state index is -0.0339. The zero-order valence-electron chi connectivity index (χ0n) is 15.9. The van der Waals surface area contributed by atoms with E-state index in [-0.39, 0.29) is 17.7 Å². The first kappa shape index (κ1) is 18.6. The maximum Gasteiger partial charge on any atom is 0.261 e. The molecule has 0 radical (unpaired) electrons. The molecule has 1 saturated heterocycles.